The smallest absolute Gasteiger partial charge is 0.320 e. The molecule has 12 nitrogen and oxygen atoms in total. The van der Waals surface area contributed by atoms with Crippen molar-refractivity contribution >= 4 is 39.7 Å². The Morgan fingerprint density at radius 3 is 1.93 bits per heavy atom. The zero-order valence-corrected chi connectivity index (χ0v) is 25.5. The van der Waals surface area contributed by atoms with Gasteiger partial charge < -0.3 is 18.9 Å². The summed E-state index contributed by atoms with van der Waals surface area (Å²) >= 11 is 0. The summed E-state index contributed by atoms with van der Waals surface area (Å²) in [6.45, 7) is 8.51. The third-order valence-electron chi connectivity index (χ3n) is 6.98. The lowest BCUT2D eigenvalue weighted by atomic mass is 9.74. The van der Waals surface area contributed by atoms with Crippen LogP contribution in [0.2, 0.25) is 0 Å². The molecule has 0 unspecified atom stereocenters. The highest BCUT2D eigenvalue weighted by Gasteiger charge is 2.56. The Morgan fingerprint density at radius 1 is 0.951 bits per heavy atom. The van der Waals surface area contributed by atoms with Gasteiger partial charge in [0.05, 0.1) is 31.2 Å². The second-order valence-corrected chi connectivity index (χ2v) is 12.9. The lowest BCUT2D eigenvalue weighted by molar-refractivity contribution is -0.178. The minimum atomic E-state index is -4.42. The van der Waals surface area contributed by atoms with E-state index in [2.05, 4.69) is 0 Å². The first kappa shape index (κ1) is 33.9. The summed E-state index contributed by atoms with van der Waals surface area (Å²) < 4.78 is 50.1. The molecule has 0 bridgehead atoms. The number of aryl methyl sites for hydroxylation is 1. The normalized spacial score (nSPS) is 21.6. The predicted octanol–water partition coefficient (Wildman–Crippen LogP) is 2.21. The molecule has 1 heterocycles. The fraction of sp³-hybridized carbons (Fsp3) is 0.607. The van der Waals surface area contributed by atoms with E-state index in [0.717, 1.165) is 37.9 Å². The molecule has 0 N–H and O–H groups in total. The van der Waals surface area contributed by atoms with Crippen molar-refractivity contribution in [3.05, 3.63) is 29.8 Å². The van der Waals surface area contributed by atoms with Gasteiger partial charge in [-0.1, -0.05) is 38.5 Å². The summed E-state index contributed by atoms with van der Waals surface area (Å²) in [6.07, 6.45) is -2.16. The van der Waals surface area contributed by atoms with Crippen molar-refractivity contribution in [3.8, 4) is 0 Å². The van der Waals surface area contributed by atoms with Crippen LogP contribution in [0.3, 0.4) is 0 Å². The number of hydrogen-bond donors (Lipinski definition) is 0. The second kappa shape index (κ2) is 13.6. The second-order valence-electron chi connectivity index (χ2n) is 11.0. The van der Waals surface area contributed by atoms with Gasteiger partial charge in [-0.15, -0.1) is 0 Å². The average molecular weight is 598 g/mol. The molecule has 1 aromatic rings. The first-order chi connectivity index (χ1) is 18.9. The third-order valence-corrected chi connectivity index (χ3v) is 8.97. The highest BCUT2D eigenvalue weighted by atomic mass is 32.2. The molecule has 1 fully saturated rings. The monoisotopic (exact) mass is 597 g/mol. The fourth-order valence-corrected chi connectivity index (χ4v) is 6.71. The van der Waals surface area contributed by atoms with Crippen molar-refractivity contribution in [2.24, 2.45) is 17.3 Å². The van der Waals surface area contributed by atoms with Gasteiger partial charge in [0, 0.05) is 31.6 Å². The van der Waals surface area contributed by atoms with Gasteiger partial charge in [-0.25, -0.2) is 8.42 Å². The maximum absolute atomic E-state index is 14.2. The molecular weight excluding hydrogens is 558 g/mol. The van der Waals surface area contributed by atoms with Crippen LogP contribution in [0.5, 0.6) is 0 Å². The van der Waals surface area contributed by atoms with Crippen molar-refractivity contribution in [2.45, 2.75) is 77.5 Å². The lowest BCUT2D eigenvalue weighted by Gasteiger charge is -2.49. The van der Waals surface area contributed by atoms with Crippen LogP contribution < -0.4 is 0 Å². The van der Waals surface area contributed by atoms with Gasteiger partial charge in [0.1, 0.15) is 18.5 Å². The Kier molecular flexibility index (Phi) is 11.2. The molecule has 13 heteroatoms. The van der Waals surface area contributed by atoms with E-state index < -0.39 is 82.4 Å². The molecule has 0 radical (unpaired) electrons. The molecule has 1 aromatic carbocycles. The first-order valence-electron chi connectivity index (χ1n) is 13.0. The van der Waals surface area contributed by atoms with Crippen molar-refractivity contribution in [1.82, 2.24) is 4.31 Å². The van der Waals surface area contributed by atoms with E-state index in [1.165, 1.54) is 12.1 Å². The number of Topliss-reactive ketones (excluding diaryl/α,β-unsaturated/α-hetero) is 1. The minimum Gasteiger partial charge on any atom is -0.468 e. The Hall–Kier alpha value is -3.32. The molecule has 41 heavy (non-hydrogen) atoms. The van der Waals surface area contributed by atoms with Crippen molar-refractivity contribution < 1.29 is 51.3 Å². The lowest BCUT2D eigenvalue weighted by Crippen LogP contribution is -2.64. The summed E-state index contributed by atoms with van der Waals surface area (Å²) in [6, 6.07) is 3.46. The van der Waals surface area contributed by atoms with Crippen LogP contribution in [0.4, 0.5) is 0 Å². The summed E-state index contributed by atoms with van der Waals surface area (Å²) in [5, 5.41) is 0. The highest BCUT2D eigenvalue weighted by molar-refractivity contribution is 7.89. The number of ether oxygens (including phenoxy) is 4. The van der Waals surface area contributed by atoms with Gasteiger partial charge in [0.15, 0.2) is 5.92 Å². The van der Waals surface area contributed by atoms with Crippen LogP contribution in [0, 0.1) is 24.2 Å². The molecule has 1 aliphatic heterocycles. The van der Waals surface area contributed by atoms with E-state index in [9.17, 15) is 32.4 Å². The van der Waals surface area contributed by atoms with E-state index in [1.807, 2.05) is 0 Å². The molecule has 1 aliphatic rings. The molecule has 0 aromatic heterocycles. The van der Waals surface area contributed by atoms with Gasteiger partial charge in [0.2, 0.25) is 10.0 Å². The fourth-order valence-electron chi connectivity index (χ4n) is 4.90. The van der Waals surface area contributed by atoms with E-state index in [1.54, 1.807) is 39.8 Å². The van der Waals surface area contributed by atoms with Crippen LogP contribution in [0.1, 0.15) is 53.0 Å². The number of sulfonamides is 1. The summed E-state index contributed by atoms with van der Waals surface area (Å²) in [4.78, 5) is 63.3. The molecule has 0 spiro atoms. The molecule has 0 amide bonds. The maximum Gasteiger partial charge on any atom is 0.320 e. The van der Waals surface area contributed by atoms with Gasteiger partial charge in [-0.2, -0.15) is 4.31 Å². The Bertz CT molecular complexity index is 1230. The van der Waals surface area contributed by atoms with Gasteiger partial charge in [0.25, 0.3) is 0 Å². The molecule has 0 aliphatic carbocycles. The number of carbonyl (C=O) groups excluding carboxylic acids is 5. The molecule has 1 saturated heterocycles. The van der Waals surface area contributed by atoms with Gasteiger partial charge in [-0.05, 0) is 25.5 Å². The molecule has 2 rings (SSSR count). The zero-order chi connectivity index (χ0) is 31.3. The molecule has 0 saturated carbocycles. The zero-order valence-electron chi connectivity index (χ0n) is 24.7. The van der Waals surface area contributed by atoms with Gasteiger partial charge >= 0.3 is 23.9 Å². The number of methoxy groups -OCH3 is 2. The molecular formula is C28H39NO11S. The van der Waals surface area contributed by atoms with Crippen molar-refractivity contribution in [1.29, 1.82) is 0 Å². The number of hydrogen-bond acceptors (Lipinski definition) is 11. The van der Waals surface area contributed by atoms with E-state index in [0.29, 0.717) is 0 Å². The number of nitrogens with zero attached hydrogens (tertiary/aromatic N) is 1. The number of carbonyl (C=O) groups is 5. The number of rotatable bonds is 10. The average Bonchev–Trinajstić information content (AvgIpc) is 2.87. The number of benzene rings is 1. The van der Waals surface area contributed by atoms with Crippen LogP contribution in [0.25, 0.3) is 0 Å². The standard InChI is InChI=1S/C28H39NO11S/c1-16-9-11-20(12-10-16)41(35,36)29-19(15-39-17(2)30)13-21(24(26(33)37-7)27(34)38-8)25(40-18(3)31)22(29)14-23(32)28(4,5)6/h9-12,19,21-22,24-25H,13-15H2,1-8H3/t19-,21-,22-,25-/m1/s1. The van der Waals surface area contributed by atoms with E-state index >= 15 is 0 Å². The Morgan fingerprint density at radius 2 is 1.49 bits per heavy atom. The Labute approximate surface area is 240 Å². The Balaban J connectivity index is 2.89. The van der Waals surface area contributed by atoms with Crippen LogP contribution >= 0.6 is 0 Å². The number of esters is 4. The van der Waals surface area contributed by atoms with E-state index in [-0.39, 0.29) is 17.1 Å². The van der Waals surface area contributed by atoms with Crippen LogP contribution in [0.15, 0.2) is 29.2 Å². The highest BCUT2D eigenvalue weighted by Crippen LogP contribution is 2.41. The number of ketones is 1. The largest absolute Gasteiger partial charge is 0.468 e. The first-order valence-corrected chi connectivity index (χ1v) is 14.5. The SMILES string of the molecule is COC(=O)C(C(=O)OC)[C@H]1C[C@H](COC(C)=O)N(S(=O)(=O)c2ccc(C)cc2)[C@H](CC(=O)C(C)(C)C)[C@@H]1OC(C)=O. The maximum atomic E-state index is 14.2. The van der Waals surface area contributed by atoms with Crippen molar-refractivity contribution in [2.75, 3.05) is 20.8 Å². The molecule has 228 valence electrons. The summed E-state index contributed by atoms with van der Waals surface area (Å²) in [5.74, 6) is -6.72. The summed E-state index contributed by atoms with van der Waals surface area (Å²) in [7, 11) is -2.29. The quantitative estimate of drug-likeness (QED) is 0.221. The predicted molar refractivity (Wildman–Crippen MR) is 145 cm³/mol. The minimum absolute atomic E-state index is 0.110. The summed E-state index contributed by atoms with van der Waals surface area (Å²) in [5.41, 5.74) is -0.127. The third kappa shape index (κ3) is 8.13. The van der Waals surface area contributed by atoms with Crippen LogP contribution in [-0.4, -0.2) is 81.4 Å². The van der Waals surface area contributed by atoms with E-state index in [4.69, 9.17) is 18.9 Å². The van der Waals surface area contributed by atoms with Crippen molar-refractivity contribution in [3.63, 3.8) is 0 Å². The van der Waals surface area contributed by atoms with Gasteiger partial charge in [-0.3, -0.25) is 24.0 Å². The molecule has 4 atom stereocenters. The van der Waals surface area contributed by atoms with Crippen LogP contribution in [-0.2, 0) is 52.9 Å². The topological polar surface area (TPSA) is 160 Å². The number of piperidine rings is 1.